The quantitative estimate of drug-likeness (QED) is 0.114. The molecule has 1 unspecified atom stereocenters. The Morgan fingerprint density at radius 2 is 1.66 bits per heavy atom. The molecule has 0 saturated carbocycles. The van der Waals surface area contributed by atoms with Crippen LogP contribution in [0.25, 0.3) is 0 Å². The normalized spacial score (nSPS) is 18.9. The molecule has 64 heavy (non-hydrogen) atoms. The van der Waals surface area contributed by atoms with Crippen LogP contribution in [0.2, 0.25) is 0 Å². The van der Waals surface area contributed by atoms with Crippen molar-refractivity contribution in [2.24, 2.45) is 0 Å². The van der Waals surface area contributed by atoms with E-state index in [4.69, 9.17) is 4.74 Å². The van der Waals surface area contributed by atoms with E-state index in [1.807, 2.05) is 45.0 Å². The van der Waals surface area contributed by atoms with Crippen LogP contribution in [0.1, 0.15) is 82.5 Å². The molecule has 4 N–H and O–H groups in total. The number of carbonyl (C=O) groups is 4. The number of imide groups is 1. The Bertz CT molecular complexity index is 2430. The summed E-state index contributed by atoms with van der Waals surface area (Å²) >= 11 is 0. The Hall–Kier alpha value is -6.20. The topological polar surface area (TPSA) is 151 Å². The van der Waals surface area contributed by atoms with Gasteiger partial charge in [0.1, 0.15) is 17.6 Å². The van der Waals surface area contributed by atoms with E-state index in [2.05, 4.69) is 47.0 Å². The lowest BCUT2D eigenvalue weighted by Gasteiger charge is -2.43. The van der Waals surface area contributed by atoms with Crippen LogP contribution in [-0.2, 0) is 28.9 Å². The Labute approximate surface area is 370 Å². The second kappa shape index (κ2) is 18.5. The molecule has 1 aromatic heterocycles. The fourth-order valence-corrected chi connectivity index (χ4v) is 9.28. The number of rotatable bonds is 12. The molecule has 17 heteroatoms. The second-order valence-corrected chi connectivity index (χ2v) is 17.2. The van der Waals surface area contributed by atoms with Crippen LogP contribution < -0.4 is 30.9 Å². The lowest BCUT2D eigenvalue weighted by molar-refractivity contribution is -0.138. The number of fused-ring (bicyclic) bond motifs is 1. The molecule has 0 bridgehead atoms. The third kappa shape index (κ3) is 9.65. The number of pyridine rings is 1. The number of aromatic nitrogens is 1. The zero-order valence-electron chi connectivity index (χ0n) is 36.5. The third-order valence-corrected chi connectivity index (χ3v) is 12.5. The monoisotopic (exact) mass is 881 g/mol. The maximum Gasteiger partial charge on any atom is 0.419 e. The van der Waals surface area contributed by atoms with Crippen LogP contribution in [0.4, 0.5) is 41.7 Å². The number of para-hydroxylation sites is 1. The maximum absolute atomic E-state index is 14.2. The van der Waals surface area contributed by atoms with Crippen molar-refractivity contribution in [3.05, 3.63) is 100 Å². The first-order valence-corrected chi connectivity index (χ1v) is 21.9. The fraction of sp³-hybridized carbons (Fsp3) is 0.426. The smallest absolute Gasteiger partial charge is 0.419 e. The molecule has 4 amide bonds. The zero-order chi connectivity index (χ0) is 45.3. The van der Waals surface area contributed by atoms with Crippen molar-refractivity contribution >= 4 is 52.2 Å². The molecule has 1 atom stereocenters. The summed E-state index contributed by atoms with van der Waals surface area (Å²) in [6.07, 6.45) is -1.44. The van der Waals surface area contributed by atoms with Gasteiger partial charge in [-0.25, -0.2) is 4.98 Å². The number of halogens is 3. The summed E-state index contributed by atoms with van der Waals surface area (Å²) in [5, 5.41) is 10.9. The molecular weight excluding hydrogens is 828 g/mol. The predicted octanol–water partition coefficient (Wildman–Crippen LogP) is 6.59. The molecule has 5 heterocycles. The van der Waals surface area contributed by atoms with Gasteiger partial charge in [0.05, 0.1) is 34.3 Å². The number of nitrogens with zero attached hydrogens (tertiary/aromatic N) is 5. The van der Waals surface area contributed by atoms with Gasteiger partial charge < -0.3 is 30.5 Å². The van der Waals surface area contributed by atoms with Crippen molar-refractivity contribution in [3.8, 4) is 5.75 Å². The minimum absolute atomic E-state index is 0.160. The molecule has 14 nitrogen and oxygen atoms in total. The standard InChI is InChI=1S/C47H54F3N9O5/c1-28(2)64-41-24-40(29(3)21-38(41)54-42-23-37(35(25-52-42)47(48,49)50)53-36-8-6-5-7-34(36)44(61)51-4)58-19-17-57(18-20-58)32-13-15-56(16-14-32)26-30-9-10-33-31(22-30)27-59(46(33)63)39-11-12-43(60)55-45(39)62/h5-10,21-25,28,32,39H,11-20,26-27H2,1-4H3,(H,51,61)(H2,52,53,54)(H,55,60,62). The number of likely N-dealkylation sites (tertiary alicyclic amines) is 1. The molecular formula is C47H54F3N9O5. The molecule has 4 aliphatic rings. The number of piperazine rings is 1. The lowest BCUT2D eigenvalue weighted by atomic mass is 10.0. The van der Waals surface area contributed by atoms with E-state index in [0.29, 0.717) is 36.0 Å². The summed E-state index contributed by atoms with van der Waals surface area (Å²) in [6, 6.07) is 17.4. The SMILES string of the molecule is CNC(=O)c1ccccc1Nc1cc(Nc2cc(C)c(N3CCN(C4CCN(Cc5ccc6c(c5)CN(C5CCC(=O)NC5=O)C6=O)CC4)CC3)cc2OC(C)C)ncc1C(F)(F)F. The van der Waals surface area contributed by atoms with Crippen LogP contribution in [0, 0.1) is 6.92 Å². The Morgan fingerprint density at radius 3 is 2.36 bits per heavy atom. The van der Waals surface area contributed by atoms with Crippen molar-refractivity contribution in [2.75, 3.05) is 61.8 Å². The lowest BCUT2D eigenvalue weighted by Crippen LogP contribution is -2.53. The highest BCUT2D eigenvalue weighted by molar-refractivity contribution is 6.05. The average Bonchev–Trinajstić information content (AvgIpc) is 3.58. The Kier molecular flexibility index (Phi) is 12.8. The van der Waals surface area contributed by atoms with Crippen LogP contribution in [0.15, 0.2) is 66.9 Å². The first-order valence-electron chi connectivity index (χ1n) is 21.9. The minimum atomic E-state index is -4.71. The van der Waals surface area contributed by atoms with E-state index < -0.39 is 29.6 Å². The molecule has 3 aromatic carbocycles. The van der Waals surface area contributed by atoms with Gasteiger partial charge in [-0.15, -0.1) is 0 Å². The molecule has 4 aromatic rings. The first kappa shape index (κ1) is 44.4. The number of ether oxygens (including phenoxy) is 1. The van der Waals surface area contributed by atoms with Crippen LogP contribution in [0.3, 0.4) is 0 Å². The van der Waals surface area contributed by atoms with Gasteiger partial charge in [0, 0.05) is 88.4 Å². The highest BCUT2D eigenvalue weighted by Crippen LogP contribution is 2.40. The van der Waals surface area contributed by atoms with Crippen LogP contribution in [-0.4, -0.2) is 108 Å². The predicted molar refractivity (Wildman–Crippen MR) is 237 cm³/mol. The van der Waals surface area contributed by atoms with Crippen molar-refractivity contribution < 1.29 is 37.1 Å². The largest absolute Gasteiger partial charge is 0.489 e. The summed E-state index contributed by atoms with van der Waals surface area (Å²) in [6.45, 7) is 12.4. The van der Waals surface area contributed by atoms with Crippen LogP contribution in [0.5, 0.6) is 5.75 Å². The summed E-state index contributed by atoms with van der Waals surface area (Å²) < 4.78 is 48.9. The molecule has 0 spiro atoms. The molecule has 4 aliphatic heterocycles. The van der Waals surface area contributed by atoms with E-state index in [-0.39, 0.29) is 47.1 Å². The molecule has 0 aliphatic carbocycles. The van der Waals surface area contributed by atoms with Gasteiger partial charge in [0.15, 0.2) is 0 Å². The highest BCUT2D eigenvalue weighted by Gasteiger charge is 2.39. The Morgan fingerprint density at radius 1 is 0.906 bits per heavy atom. The fourth-order valence-electron chi connectivity index (χ4n) is 9.28. The van der Waals surface area contributed by atoms with E-state index in [0.717, 1.165) is 87.2 Å². The van der Waals surface area contributed by atoms with Crippen molar-refractivity contribution in [2.45, 2.75) is 83.9 Å². The summed E-state index contributed by atoms with van der Waals surface area (Å²) in [5.41, 5.74) is 4.43. The maximum atomic E-state index is 14.2. The molecule has 3 saturated heterocycles. The van der Waals surface area contributed by atoms with E-state index >= 15 is 0 Å². The number of piperidine rings is 2. The van der Waals surface area contributed by atoms with Crippen molar-refractivity contribution in [1.29, 1.82) is 0 Å². The number of amides is 4. The number of alkyl halides is 3. The number of carbonyl (C=O) groups excluding carboxylic acids is 4. The van der Waals surface area contributed by atoms with Gasteiger partial charge >= 0.3 is 6.18 Å². The van der Waals surface area contributed by atoms with E-state index in [9.17, 15) is 32.3 Å². The average molecular weight is 882 g/mol. The summed E-state index contributed by atoms with van der Waals surface area (Å²) in [7, 11) is 1.46. The van der Waals surface area contributed by atoms with E-state index in [1.54, 1.807) is 23.1 Å². The number of nitrogens with one attached hydrogen (secondary N) is 4. The second-order valence-electron chi connectivity index (χ2n) is 17.2. The van der Waals surface area contributed by atoms with Crippen molar-refractivity contribution in [1.82, 2.24) is 30.3 Å². The summed E-state index contributed by atoms with van der Waals surface area (Å²) in [5.74, 6) is -0.589. The van der Waals surface area contributed by atoms with E-state index in [1.165, 1.54) is 19.2 Å². The minimum Gasteiger partial charge on any atom is -0.489 e. The molecule has 0 radical (unpaired) electrons. The van der Waals surface area contributed by atoms with Crippen molar-refractivity contribution in [3.63, 3.8) is 0 Å². The molecule has 338 valence electrons. The van der Waals surface area contributed by atoms with Gasteiger partial charge in [-0.05, 0) is 94.1 Å². The van der Waals surface area contributed by atoms with Crippen LogP contribution >= 0.6 is 0 Å². The highest BCUT2D eigenvalue weighted by atomic mass is 19.4. The molecule has 3 fully saturated rings. The zero-order valence-corrected chi connectivity index (χ0v) is 36.5. The summed E-state index contributed by atoms with van der Waals surface area (Å²) in [4.78, 5) is 62.9. The number of hydrogen-bond donors (Lipinski definition) is 4. The van der Waals surface area contributed by atoms with Gasteiger partial charge in [0.25, 0.3) is 11.8 Å². The third-order valence-electron chi connectivity index (χ3n) is 12.5. The van der Waals surface area contributed by atoms with Gasteiger partial charge in [-0.1, -0.05) is 24.3 Å². The van der Waals surface area contributed by atoms with Gasteiger partial charge in [0.2, 0.25) is 11.8 Å². The van der Waals surface area contributed by atoms with Gasteiger partial charge in [-0.3, -0.25) is 34.3 Å². The van der Waals surface area contributed by atoms with Gasteiger partial charge in [-0.2, -0.15) is 13.2 Å². The number of anilines is 5. The number of benzene rings is 3. The number of hydrogen-bond acceptors (Lipinski definition) is 11. The Balaban J connectivity index is 0.885. The molecule has 8 rings (SSSR count). The number of aryl methyl sites for hydroxylation is 1. The first-order chi connectivity index (χ1) is 30.6.